The number of hydrogen-bond acceptors (Lipinski definition) is 0. The third-order valence-corrected chi connectivity index (χ3v) is 10.3. The molecule has 50 heavy (non-hydrogen) atoms. The van der Waals surface area contributed by atoms with E-state index >= 15 is 0 Å². The minimum absolute atomic E-state index is 0.293. The van der Waals surface area contributed by atoms with Crippen LogP contribution in [0.5, 0.6) is 0 Å². The zero-order chi connectivity index (χ0) is 33.3. The second-order valence-electron chi connectivity index (χ2n) is 13.3. The van der Waals surface area contributed by atoms with Gasteiger partial charge in [0.25, 0.3) is 0 Å². The Bertz CT molecular complexity index is 2560. The van der Waals surface area contributed by atoms with E-state index in [-0.39, 0.29) is 0 Å². The second-order valence-corrected chi connectivity index (χ2v) is 13.3. The largest absolute Gasteiger partial charge is 0.309 e. The standard InChI is InChI=1S/C49H37N/c1-3-12-36(13-4-1)38-27-30-39(31-28-38)44(42-32-29-37-14-7-8-15-41(37)34-42)33-24-35-22-25-40(26-23-35)45-19-11-21-48-49(45)46-18-9-10-20-47(46)50(48)43-16-5-2-6-17-43/h1-23,25-32,34,44H,24,33H2. The van der Waals surface area contributed by atoms with E-state index in [9.17, 15) is 0 Å². The Morgan fingerprint density at radius 1 is 0.420 bits per heavy atom. The molecule has 0 aliphatic carbocycles. The molecule has 0 saturated heterocycles. The minimum atomic E-state index is 0.293. The van der Waals surface area contributed by atoms with E-state index in [1.807, 2.05) is 0 Å². The zero-order valence-electron chi connectivity index (χ0n) is 27.9. The van der Waals surface area contributed by atoms with Gasteiger partial charge in [-0.3, -0.25) is 0 Å². The molecule has 0 N–H and O–H groups in total. The molecule has 0 fully saturated rings. The van der Waals surface area contributed by atoms with Crippen molar-refractivity contribution in [1.29, 1.82) is 0 Å². The number of para-hydroxylation sites is 2. The fourth-order valence-electron chi connectivity index (χ4n) is 7.77. The van der Waals surface area contributed by atoms with Gasteiger partial charge in [0.1, 0.15) is 0 Å². The van der Waals surface area contributed by atoms with Crippen LogP contribution in [-0.2, 0) is 6.42 Å². The quantitative estimate of drug-likeness (QED) is 0.156. The molecule has 0 aliphatic heterocycles. The Kier molecular flexibility index (Phi) is 7.80. The Balaban J connectivity index is 1.04. The van der Waals surface area contributed by atoms with E-state index in [0.717, 1.165) is 12.8 Å². The first-order valence-electron chi connectivity index (χ1n) is 17.6. The fraction of sp³-hybridized carbons (Fsp3) is 0.0612. The highest BCUT2D eigenvalue weighted by Gasteiger charge is 2.18. The number of aryl methyl sites for hydroxylation is 1. The van der Waals surface area contributed by atoms with Crippen LogP contribution in [0, 0.1) is 0 Å². The molecule has 1 nitrogen and oxygen atoms in total. The van der Waals surface area contributed by atoms with Crippen LogP contribution in [0.25, 0.3) is 60.5 Å². The molecular formula is C49H37N. The summed E-state index contributed by atoms with van der Waals surface area (Å²) < 4.78 is 2.39. The van der Waals surface area contributed by atoms with E-state index in [2.05, 4.69) is 199 Å². The summed E-state index contributed by atoms with van der Waals surface area (Å²) in [5.74, 6) is 0.293. The lowest BCUT2D eigenvalue weighted by molar-refractivity contribution is 0.716. The SMILES string of the molecule is c1ccc(-c2ccc(C(CCc3ccc(-c4cccc5c4c4ccccc4n5-c4ccccc4)cc3)c3ccc4ccccc4c3)cc2)cc1. The fourth-order valence-corrected chi connectivity index (χ4v) is 7.77. The molecule has 0 amide bonds. The normalized spacial score (nSPS) is 12.1. The average Bonchev–Trinajstić information content (AvgIpc) is 3.54. The monoisotopic (exact) mass is 639 g/mol. The molecule has 1 unspecified atom stereocenters. The molecule has 9 rings (SSSR count). The van der Waals surface area contributed by atoms with Crippen LogP contribution in [0.3, 0.4) is 0 Å². The first kappa shape index (κ1) is 29.9. The summed E-state index contributed by atoms with van der Waals surface area (Å²) in [7, 11) is 0. The van der Waals surface area contributed by atoms with E-state index < -0.39 is 0 Å². The third kappa shape index (κ3) is 5.57. The molecule has 9 aromatic rings. The van der Waals surface area contributed by atoms with Crippen LogP contribution in [0.1, 0.15) is 29.0 Å². The van der Waals surface area contributed by atoms with Crippen molar-refractivity contribution >= 4 is 32.6 Å². The van der Waals surface area contributed by atoms with Crippen LogP contribution >= 0.6 is 0 Å². The van der Waals surface area contributed by atoms with Crippen LogP contribution in [0.15, 0.2) is 194 Å². The van der Waals surface area contributed by atoms with Gasteiger partial charge in [0, 0.05) is 22.4 Å². The maximum absolute atomic E-state index is 2.39. The van der Waals surface area contributed by atoms with Gasteiger partial charge >= 0.3 is 0 Å². The van der Waals surface area contributed by atoms with Crippen molar-refractivity contribution in [2.75, 3.05) is 0 Å². The van der Waals surface area contributed by atoms with Gasteiger partial charge < -0.3 is 4.57 Å². The lowest BCUT2D eigenvalue weighted by atomic mass is 9.84. The Hall–Kier alpha value is -6.18. The molecule has 0 saturated carbocycles. The molecule has 0 aliphatic rings. The summed E-state index contributed by atoms with van der Waals surface area (Å²) in [4.78, 5) is 0. The Labute approximate surface area is 293 Å². The predicted molar refractivity (Wildman–Crippen MR) is 212 cm³/mol. The van der Waals surface area contributed by atoms with Gasteiger partial charge in [-0.25, -0.2) is 0 Å². The van der Waals surface area contributed by atoms with Gasteiger partial charge in [-0.05, 0) is 86.8 Å². The number of aromatic nitrogens is 1. The second kappa shape index (κ2) is 13.0. The number of hydrogen-bond donors (Lipinski definition) is 0. The smallest absolute Gasteiger partial charge is 0.0547 e. The molecule has 8 aromatic carbocycles. The van der Waals surface area contributed by atoms with Crippen molar-refractivity contribution in [3.05, 3.63) is 211 Å². The zero-order valence-corrected chi connectivity index (χ0v) is 27.9. The first-order valence-corrected chi connectivity index (χ1v) is 17.6. The molecule has 0 bridgehead atoms. The topological polar surface area (TPSA) is 4.93 Å². The van der Waals surface area contributed by atoms with E-state index in [1.165, 1.54) is 77.2 Å². The Morgan fingerprint density at radius 3 is 1.84 bits per heavy atom. The van der Waals surface area contributed by atoms with Crippen LogP contribution in [0.4, 0.5) is 0 Å². The first-order chi connectivity index (χ1) is 24.8. The molecule has 1 heteroatoms. The lowest BCUT2D eigenvalue weighted by Crippen LogP contribution is -2.03. The molecule has 0 radical (unpaired) electrons. The summed E-state index contributed by atoms with van der Waals surface area (Å²) in [6.45, 7) is 0. The van der Waals surface area contributed by atoms with Gasteiger partial charge in [-0.15, -0.1) is 0 Å². The van der Waals surface area contributed by atoms with E-state index in [0.29, 0.717) is 5.92 Å². The van der Waals surface area contributed by atoms with Crippen molar-refractivity contribution in [3.63, 3.8) is 0 Å². The highest BCUT2D eigenvalue weighted by atomic mass is 15.0. The number of rotatable bonds is 8. The number of fused-ring (bicyclic) bond motifs is 4. The Morgan fingerprint density at radius 2 is 1.04 bits per heavy atom. The summed E-state index contributed by atoms with van der Waals surface area (Å²) in [5, 5.41) is 5.16. The molecule has 0 spiro atoms. The van der Waals surface area contributed by atoms with Crippen molar-refractivity contribution in [2.45, 2.75) is 18.8 Å². The van der Waals surface area contributed by atoms with E-state index in [4.69, 9.17) is 0 Å². The molecule has 1 heterocycles. The lowest BCUT2D eigenvalue weighted by Gasteiger charge is -2.20. The van der Waals surface area contributed by atoms with Crippen LogP contribution in [0.2, 0.25) is 0 Å². The molecule has 1 aromatic heterocycles. The molecule has 238 valence electrons. The van der Waals surface area contributed by atoms with Crippen molar-refractivity contribution < 1.29 is 0 Å². The van der Waals surface area contributed by atoms with Crippen molar-refractivity contribution in [1.82, 2.24) is 4.57 Å². The van der Waals surface area contributed by atoms with Gasteiger partial charge in [-0.2, -0.15) is 0 Å². The highest BCUT2D eigenvalue weighted by molar-refractivity contribution is 6.15. The van der Waals surface area contributed by atoms with Gasteiger partial charge in [0.2, 0.25) is 0 Å². The molecule has 1 atom stereocenters. The maximum Gasteiger partial charge on any atom is 0.0547 e. The van der Waals surface area contributed by atoms with Gasteiger partial charge in [0.05, 0.1) is 11.0 Å². The predicted octanol–water partition coefficient (Wildman–Crippen LogP) is 13.0. The van der Waals surface area contributed by atoms with Gasteiger partial charge in [0.15, 0.2) is 0 Å². The van der Waals surface area contributed by atoms with Crippen LogP contribution in [-0.4, -0.2) is 4.57 Å². The summed E-state index contributed by atoms with van der Waals surface area (Å²) >= 11 is 0. The third-order valence-electron chi connectivity index (χ3n) is 10.3. The van der Waals surface area contributed by atoms with Gasteiger partial charge in [-0.1, -0.05) is 170 Å². The van der Waals surface area contributed by atoms with Crippen molar-refractivity contribution in [3.8, 4) is 27.9 Å². The average molecular weight is 640 g/mol. The minimum Gasteiger partial charge on any atom is -0.309 e. The summed E-state index contributed by atoms with van der Waals surface area (Å²) in [6, 6.07) is 71.0. The van der Waals surface area contributed by atoms with Crippen molar-refractivity contribution in [2.24, 2.45) is 0 Å². The van der Waals surface area contributed by atoms with Crippen LogP contribution < -0.4 is 0 Å². The van der Waals surface area contributed by atoms with E-state index in [1.54, 1.807) is 0 Å². The summed E-state index contributed by atoms with van der Waals surface area (Å²) in [6.07, 6.45) is 2.03. The maximum atomic E-state index is 2.39. The summed E-state index contributed by atoms with van der Waals surface area (Å²) in [5.41, 5.74) is 12.8. The number of benzene rings is 8. The number of nitrogens with zero attached hydrogens (tertiary/aromatic N) is 1. The molecular weight excluding hydrogens is 603 g/mol. The highest BCUT2D eigenvalue weighted by Crippen LogP contribution is 2.39.